The average molecular weight is 174 g/mol. The maximum absolute atomic E-state index is 10.6. The van der Waals surface area contributed by atoms with Crippen molar-refractivity contribution in [2.45, 2.75) is 24.9 Å². The van der Waals surface area contributed by atoms with Crippen LogP contribution in [0, 0.1) is 0 Å². The van der Waals surface area contributed by atoms with Crippen molar-refractivity contribution in [2.24, 2.45) is 0 Å². The van der Waals surface area contributed by atoms with E-state index in [4.69, 9.17) is 9.47 Å². The first-order chi connectivity index (χ1) is 5.04. The van der Waals surface area contributed by atoms with Gasteiger partial charge in [0.2, 0.25) is 4.93 Å². The highest BCUT2D eigenvalue weighted by Crippen LogP contribution is 2.30. The minimum atomic E-state index is -0.883. The Labute approximate surface area is 70.8 Å². The molecule has 1 aliphatic heterocycles. The maximum atomic E-state index is 10.6. The highest BCUT2D eigenvalue weighted by molar-refractivity contribution is 7.81. The number of ether oxygens (including phenoxy) is 2. The second-order valence-corrected chi connectivity index (χ2v) is 3.13. The molecule has 4 heteroatoms. The topological polar surface area (TPSA) is 35.5 Å². The van der Waals surface area contributed by atoms with E-state index in [9.17, 15) is 4.79 Å². The lowest BCUT2D eigenvalue weighted by Crippen LogP contribution is -2.34. The molecular formula is C7H10O3S. The number of hydrogen-bond donors (Lipinski definition) is 1. The van der Waals surface area contributed by atoms with Crippen LogP contribution in [0.3, 0.4) is 0 Å². The summed E-state index contributed by atoms with van der Waals surface area (Å²) in [6, 6.07) is 0. The van der Waals surface area contributed by atoms with Gasteiger partial charge in [-0.15, -0.1) is 12.6 Å². The molecule has 0 spiro atoms. The summed E-state index contributed by atoms with van der Waals surface area (Å²) in [7, 11) is 0. The molecule has 0 radical (unpaired) electrons. The maximum Gasteiger partial charge on any atom is 0.304 e. The van der Waals surface area contributed by atoms with Gasteiger partial charge < -0.3 is 9.47 Å². The normalized spacial score (nSPS) is 35.0. The summed E-state index contributed by atoms with van der Waals surface area (Å²) in [5.74, 6) is -0.359. The van der Waals surface area contributed by atoms with Crippen LogP contribution in [0.4, 0.5) is 0 Å². The van der Waals surface area contributed by atoms with Crippen LogP contribution in [0.15, 0.2) is 12.3 Å². The Morgan fingerprint density at radius 1 is 1.82 bits per heavy atom. The van der Waals surface area contributed by atoms with Crippen LogP contribution in [0.5, 0.6) is 0 Å². The number of carbonyl (C=O) groups is 1. The van der Waals surface area contributed by atoms with Gasteiger partial charge >= 0.3 is 5.97 Å². The lowest BCUT2D eigenvalue weighted by atomic mass is 10.2. The number of rotatable bonds is 1. The van der Waals surface area contributed by atoms with Gasteiger partial charge in [-0.2, -0.15) is 0 Å². The average Bonchev–Trinajstić information content (AvgIpc) is 2.11. The van der Waals surface area contributed by atoms with Gasteiger partial charge in [0.1, 0.15) is 6.10 Å². The first kappa shape index (κ1) is 8.46. The van der Waals surface area contributed by atoms with Crippen molar-refractivity contribution in [3.05, 3.63) is 12.3 Å². The number of thiol groups is 1. The Morgan fingerprint density at radius 2 is 2.45 bits per heavy atom. The molecule has 1 heterocycles. The molecule has 0 bridgehead atoms. The van der Waals surface area contributed by atoms with E-state index < -0.39 is 4.93 Å². The fraction of sp³-hybridized carbons (Fsp3) is 0.571. The second-order valence-electron chi connectivity index (χ2n) is 2.43. The van der Waals surface area contributed by atoms with E-state index in [1.807, 2.05) is 0 Å². The van der Waals surface area contributed by atoms with Crippen molar-refractivity contribution in [2.75, 3.05) is 0 Å². The molecule has 1 rings (SSSR count). The van der Waals surface area contributed by atoms with E-state index >= 15 is 0 Å². The summed E-state index contributed by atoms with van der Waals surface area (Å²) in [6.45, 7) is 3.13. The fourth-order valence-corrected chi connectivity index (χ4v) is 1.09. The molecule has 0 unspecified atom stereocenters. The summed E-state index contributed by atoms with van der Waals surface area (Å²) in [4.78, 5) is 9.71. The van der Waals surface area contributed by atoms with Gasteiger partial charge in [-0.05, 0) is 6.92 Å². The van der Waals surface area contributed by atoms with Crippen LogP contribution in [0.1, 0.15) is 13.8 Å². The SMILES string of the molecule is CC(=O)O[C@@]1(S)C=CO[C@@H]1C. The molecule has 0 aromatic rings. The Balaban J connectivity index is 2.65. The van der Waals surface area contributed by atoms with E-state index in [-0.39, 0.29) is 12.1 Å². The van der Waals surface area contributed by atoms with Crippen LogP contribution in [0.25, 0.3) is 0 Å². The lowest BCUT2D eigenvalue weighted by Gasteiger charge is -2.24. The van der Waals surface area contributed by atoms with Gasteiger partial charge in [0, 0.05) is 13.0 Å². The third kappa shape index (κ3) is 1.68. The Morgan fingerprint density at radius 3 is 2.82 bits per heavy atom. The van der Waals surface area contributed by atoms with Crippen molar-refractivity contribution in [3.8, 4) is 0 Å². The molecular weight excluding hydrogens is 164 g/mol. The zero-order valence-corrected chi connectivity index (χ0v) is 7.30. The van der Waals surface area contributed by atoms with Gasteiger partial charge in [0.05, 0.1) is 6.26 Å². The minimum Gasteiger partial charge on any atom is -0.493 e. The summed E-state index contributed by atoms with van der Waals surface area (Å²) in [5.41, 5.74) is 0. The molecule has 0 N–H and O–H groups in total. The zero-order chi connectivity index (χ0) is 8.48. The predicted molar refractivity (Wildman–Crippen MR) is 43.2 cm³/mol. The van der Waals surface area contributed by atoms with Gasteiger partial charge in [-0.25, -0.2) is 0 Å². The van der Waals surface area contributed by atoms with Gasteiger partial charge in [-0.3, -0.25) is 4.79 Å². The first-order valence-electron chi connectivity index (χ1n) is 3.30. The van der Waals surface area contributed by atoms with E-state index in [0.717, 1.165) is 0 Å². The van der Waals surface area contributed by atoms with Crippen molar-refractivity contribution in [3.63, 3.8) is 0 Å². The van der Waals surface area contributed by atoms with E-state index in [2.05, 4.69) is 12.6 Å². The fourth-order valence-electron chi connectivity index (χ4n) is 0.835. The standard InChI is InChI=1S/C7H10O3S/c1-5-7(11,3-4-9-5)10-6(2)8/h3-5,11H,1-2H3/t5-,7-/m1/s1. The molecule has 3 nitrogen and oxygen atoms in total. The monoisotopic (exact) mass is 174 g/mol. The van der Waals surface area contributed by atoms with Crippen LogP contribution >= 0.6 is 12.6 Å². The largest absolute Gasteiger partial charge is 0.493 e. The molecule has 0 saturated carbocycles. The molecule has 0 amide bonds. The highest BCUT2D eigenvalue weighted by atomic mass is 32.1. The molecule has 1 aliphatic rings. The highest BCUT2D eigenvalue weighted by Gasteiger charge is 2.38. The van der Waals surface area contributed by atoms with Gasteiger partial charge in [0.15, 0.2) is 0 Å². The minimum absolute atomic E-state index is 0.227. The Bertz CT molecular complexity index is 202. The molecule has 0 aromatic heterocycles. The summed E-state index contributed by atoms with van der Waals surface area (Å²) >= 11 is 4.16. The molecule has 2 atom stereocenters. The third-order valence-corrected chi connectivity index (χ3v) is 2.08. The predicted octanol–water partition coefficient (Wildman–Crippen LogP) is 1.11. The molecule has 11 heavy (non-hydrogen) atoms. The number of carbonyl (C=O) groups excluding carboxylic acids is 1. The zero-order valence-electron chi connectivity index (χ0n) is 6.40. The Kier molecular flexibility index (Phi) is 2.13. The number of hydrogen-bond acceptors (Lipinski definition) is 4. The van der Waals surface area contributed by atoms with Gasteiger partial charge in [-0.1, -0.05) is 0 Å². The van der Waals surface area contributed by atoms with E-state index in [0.29, 0.717) is 0 Å². The molecule has 0 fully saturated rings. The first-order valence-corrected chi connectivity index (χ1v) is 3.74. The lowest BCUT2D eigenvalue weighted by molar-refractivity contribution is -0.149. The molecule has 0 saturated heterocycles. The van der Waals surface area contributed by atoms with Crippen LogP contribution in [0.2, 0.25) is 0 Å². The second kappa shape index (κ2) is 2.77. The summed E-state index contributed by atoms with van der Waals surface area (Å²) in [5, 5.41) is 0. The van der Waals surface area contributed by atoms with Crippen molar-refractivity contribution in [1.82, 2.24) is 0 Å². The van der Waals surface area contributed by atoms with Gasteiger partial charge in [0.25, 0.3) is 0 Å². The molecule has 0 aliphatic carbocycles. The van der Waals surface area contributed by atoms with Crippen LogP contribution in [-0.4, -0.2) is 17.0 Å². The smallest absolute Gasteiger partial charge is 0.304 e. The summed E-state index contributed by atoms with van der Waals surface area (Å²) in [6.07, 6.45) is 2.87. The van der Waals surface area contributed by atoms with Crippen LogP contribution < -0.4 is 0 Å². The molecule has 62 valence electrons. The van der Waals surface area contributed by atoms with Crippen molar-refractivity contribution in [1.29, 1.82) is 0 Å². The molecule has 0 aromatic carbocycles. The quantitative estimate of drug-likeness (QED) is 0.367. The van der Waals surface area contributed by atoms with E-state index in [1.165, 1.54) is 13.2 Å². The van der Waals surface area contributed by atoms with Crippen molar-refractivity contribution >= 4 is 18.6 Å². The van der Waals surface area contributed by atoms with E-state index in [1.54, 1.807) is 13.0 Å². The van der Waals surface area contributed by atoms with Crippen molar-refractivity contribution < 1.29 is 14.3 Å². The Hall–Kier alpha value is -0.640. The third-order valence-electron chi connectivity index (χ3n) is 1.48. The summed E-state index contributed by atoms with van der Waals surface area (Å²) < 4.78 is 9.96. The van der Waals surface area contributed by atoms with Crippen LogP contribution in [-0.2, 0) is 14.3 Å². The number of esters is 1.